The van der Waals surface area contributed by atoms with Gasteiger partial charge in [0.25, 0.3) is 11.8 Å². The van der Waals surface area contributed by atoms with E-state index in [0.29, 0.717) is 5.69 Å². The minimum Gasteiger partial charge on any atom is -0.267 e. The van der Waals surface area contributed by atoms with Gasteiger partial charge in [0.05, 0.1) is 5.69 Å². The molecule has 3 nitrogen and oxygen atoms in total. The summed E-state index contributed by atoms with van der Waals surface area (Å²) in [4.78, 5) is 24.4. The highest BCUT2D eigenvalue weighted by Gasteiger charge is 2.37. The van der Waals surface area contributed by atoms with E-state index in [4.69, 9.17) is 23.2 Å². The van der Waals surface area contributed by atoms with Crippen molar-refractivity contribution >= 4 is 40.7 Å². The van der Waals surface area contributed by atoms with E-state index in [0.717, 1.165) is 16.9 Å². The van der Waals surface area contributed by atoms with E-state index < -0.39 is 11.8 Å². The average Bonchev–Trinajstić information content (AvgIpc) is 2.54. The first-order valence-corrected chi connectivity index (χ1v) is 5.84. The molecule has 0 unspecified atom stereocenters. The van der Waals surface area contributed by atoms with Crippen LogP contribution in [0.15, 0.2) is 34.3 Å². The van der Waals surface area contributed by atoms with Crippen LogP contribution >= 0.6 is 23.2 Å². The van der Waals surface area contributed by atoms with Gasteiger partial charge < -0.3 is 0 Å². The molecule has 0 bridgehead atoms. The number of halogens is 2. The quantitative estimate of drug-likeness (QED) is 0.775. The number of hydrogen-bond donors (Lipinski definition) is 0. The third kappa shape index (κ3) is 1.96. The smallest absolute Gasteiger partial charge is 0.267 e. The highest BCUT2D eigenvalue weighted by atomic mass is 35.5. The first-order valence-electron chi connectivity index (χ1n) is 5.09. The van der Waals surface area contributed by atoms with Crippen LogP contribution in [0.5, 0.6) is 0 Å². The summed E-state index contributed by atoms with van der Waals surface area (Å²) in [5.74, 6) is -1.16. The summed E-state index contributed by atoms with van der Waals surface area (Å²) >= 11 is 11.3. The molecule has 88 valence electrons. The lowest BCUT2D eigenvalue weighted by molar-refractivity contribution is -0.120. The van der Waals surface area contributed by atoms with E-state index in [1.165, 1.54) is 0 Å². The van der Waals surface area contributed by atoms with E-state index in [9.17, 15) is 9.59 Å². The van der Waals surface area contributed by atoms with Crippen molar-refractivity contribution in [3.05, 3.63) is 39.9 Å². The molecule has 0 radical (unpaired) electrons. The van der Waals surface area contributed by atoms with E-state index in [-0.39, 0.29) is 10.1 Å². The second-order valence-electron chi connectivity index (χ2n) is 3.59. The van der Waals surface area contributed by atoms with Crippen molar-refractivity contribution in [3.8, 4) is 0 Å². The highest BCUT2D eigenvalue weighted by molar-refractivity contribution is 6.62. The van der Waals surface area contributed by atoms with Crippen molar-refractivity contribution in [2.75, 3.05) is 4.90 Å². The first-order chi connectivity index (χ1) is 8.06. The fourth-order valence-electron chi connectivity index (χ4n) is 1.59. The number of amides is 2. The average molecular weight is 270 g/mol. The lowest BCUT2D eigenvalue weighted by atomic mass is 10.1. The van der Waals surface area contributed by atoms with E-state index >= 15 is 0 Å². The van der Waals surface area contributed by atoms with Crippen molar-refractivity contribution in [2.45, 2.75) is 13.3 Å². The molecule has 0 aliphatic carbocycles. The maximum atomic E-state index is 11.7. The molecule has 0 atom stereocenters. The number of rotatable bonds is 2. The van der Waals surface area contributed by atoms with Crippen LogP contribution in [0.1, 0.15) is 12.5 Å². The van der Waals surface area contributed by atoms with Gasteiger partial charge in [-0.25, -0.2) is 4.90 Å². The van der Waals surface area contributed by atoms with E-state index in [1.54, 1.807) is 12.1 Å². The lowest BCUT2D eigenvalue weighted by Crippen LogP contribution is -2.30. The summed E-state index contributed by atoms with van der Waals surface area (Å²) in [7, 11) is 0. The van der Waals surface area contributed by atoms with Gasteiger partial charge in [0.2, 0.25) is 0 Å². The SMILES string of the molecule is CCc1ccc(N2C(=O)C(Cl)=C(Cl)C2=O)cc1. The van der Waals surface area contributed by atoms with Crippen LogP contribution in [0.3, 0.4) is 0 Å². The topological polar surface area (TPSA) is 37.4 Å². The van der Waals surface area contributed by atoms with E-state index in [2.05, 4.69) is 0 Å². The molecule has 0 aromatic heterocycles. The molecule has 0 spiro atoms. The zero-order valence-electron chi connectivity index (χ0n) is 9.04. The molecule has 17 heavy (non-hydrogen) atoms. The number of hydrogen-bond acceptors (Lipinski definition) is 2. The minimum absolute atomic E-state index is 0.226. The normalized spacial score (nSPS) is 16.1. The summed E-state index contributed by atoms with van der Waals surface area (Å²) in [6.45, 7) is 2.02. The fourth-order valence-corrected chi connectivity index (χ4v) is 1.92. The molecule has 5 heteroatoms. The number of carbonyl (C=O) groups excluding carboxylic acids is 2. The monoisotopic (exact) mass is 269 g/mol. The van der Waals surface area contributed by atoms with Gasteiger partial charge in [-0.15, -0.1) is 0 Å². The number of anilines is 1. The number of aryl methyl sites for hydroxylation is 1. The Morgan fingerprint density at radius 1 is 1.00 bits per heavy atom. The molecule has 0 saturated carbocycles. The van der Waals surface area contributed by atoms with Crippen molar-refractivity contribution in [3.63, 3.8) is 0 Å². The molecule has 1 aliphatic heterocycles. The largest absolute Gasteiger partial charge is 0.278 e. The van der Waals surface area contributed by atoms with Crippen LogP contribution < -0.4 is 4.90 Å². The van der Waals surface area contributed by atoms with Gasteiger partial charge in [-0.1, -0.05) is 42.3 Å². The van der Waals surface area contributed by atoms with Gasteiger partial charge in [-0.3, -0.25) is 9.59 Å². The predicted octanol–water partition coefficient (Wildman–Crippen LogP) is 2.81. The number of nitrogens with zero attached hydrogens (tertiary/aromatic N) is 1. The Bertz CT molecular complexity index is 496. The first kappa shape index (κ1) is 12.1. The molecule has 0 N–H and O–H groups in total. The molecule has 2 rings (SSSR count). The van der Waals surface area contributed by atoms with Gasteiger partial charge >= 0.3 is 0 Å². The molecule has 1 aliphatic rings. The highest BCUT2D eigenvalue weighted by Crippen LogP contribution is 2.31. The van der Waals surface area contributed by atoms with Gasteiger partial charge in [0, 0.05) is 0 Å². The van der Waals surface area contributed by atoms with Crippen LogP contribution in [-0.2, 0) is 16.0 Å². The molecule has 1 aromatic rings. The molecule has 2 amide bonds. The van der Waals surface area contributed by atoms with Crippen LogP contribution in [0.25, 0.3) is 0 Å². The van der Waals surface area contributed by atoms with E-state index in [1.807, 2.05) is 19.1 Å². The second-order valence-corrected chi connectivity index (χ2v) is 4.35. The molecule has 0 saturated heterocycles. The summed E-state index contributed by atoms with van der Waals surface area (Å²) in [6, 6.07) is 7.12. The Kier molecular flexibility index (Phi) is 3.22. The summed E-state index contributed by atoms with van der Waals surface area (Å²) in [5, 5.41) is -0.451. The Morgan fingerprint density at radius 3 is 1.88 bits per heavy atom. The van der Waals surface area contributed by atoms with Crippen molar-refractivity contribution < 1.29 is 9.59 Å². The zero-order chi connectivity index (χ0) is 12.6. The standard InChI is InChI=1S/C12H9Cl2NO2/c1-2-7-3-5-8(6-4-7)15-11(16)9(13)10(14)12(15)17/h3-6H,2H2,1H3. The van der Waals surface area contributed by atoms with Crippen molar-refractivity contribution in [2.24, 2.45) is 0 Å². The molecule has 1 heterocycles. The van der Waals surface area contributed by atoms with Gasteiger partial charge in [0.15, 0.2) is 0 Å². The van der Waals surface area contributed by atoms with Crippen LogP contribution in [0, 0.1) is 0 Å². The third-order valence-electron chi connectivity index (χ3n) is 2.58. The minimum atomic E-state index is -0.578. The maximum Gasteiger partial charge on any atom is 0.278 e. The fraction of sp³-hybridized carbons (Fsp3) is 0.167. The summed E-state index contributed by atoms with van der Waals surface area (Å²) < 4.78 is 0. The Balaban J connectivity index is 2.36. The van der Waals surface area contributed by atoms with Crippen LogP contribution in [0.4, 0.5) is 5.69 Å². The Morgan fingerprint density at radius 2 is 1.47 bits per heavy atom. The van der Waals surface area contributed by atoms with Crippen molar-refractivity contribution in [1.82, 2.24) is 0 Å². The number of benzene rings is 1. The van der Waals surface area contributed by atoms with Gasteiger partial charge in [-0.2, -0.15) is 0 Å². The Hall–Kier alpha value is -1.32. The molecule has 0 fully saturated rings. The lowest BCUT2D eigenvalue weighted by Gasteiger charge is -2.14. The Labute approximate surface area is 109 Å². The molecular weight excluding hydrogens is 261 g/mol. The van der Waals surface area contributed by atoms with Crippen LogP contribution in [-0.4, -0.2) is 11.8 Å². The number of imide groups is 1. The molecular formula is C12H9Cl2NO2. The van der Waals surface area contributed by atoms with Crippen molar-refractivity contribution in [1.29, 1.82) is 0 Å². The summed E-state index contributed by atoms with van der Waals surface area (Å²) in [6.07, 6.45) is 0.891. The number of carbonyl (C=O) groups is 2. The molecule has 1 aromatic carbocycles. The van der Waals surface area contributed by atoms with Gasteiger partial charge in [-0.05, 0) is 24.1 Å². The summed E-state index contributed by atoms with van der Waals surface area (Å²) in [5.41, 5.74) is 1.60. The zero-order valence-corrected chi connectivity index (χ0v) is 10.5. The maximum absolute atomic E-state index is 11.7. The third-order valence-corrected chi connectivity index (χ3v) is 3.38. The second kappa shape index (κ2) is 4.51. The predicted molar refractivity (Wildman–Crippen MR) is 67.0 cm³/mol. The van der Waals surface area contributed by atoms with Crippen LogP contribution in [0.2, 0.25) is 0 Å². The van der Waals surface area contributed by atoms with Gasteiger partial charge in [0.1, 0.15) is 10.1 Å².